The summed E-state index contributed by atoms with van der Waals surface area (Å²) in [6.07, 6.45) is -22.1. The quantitative estimate of drug-likeness (QED) is 0.160. The average molecular weight is 960 g/mol. The Morgan fingerprint density at radius 2 is 1.38 bits per heavy atom. The van der Waals surface area contributed by atoms with Gasteiger partial charge in [-0.3, -0.25) is 24.0 Å². The molecule has 2 aromatic carbocycles. The van der Waals surface area contributed by atoms with Crippen molar-refractivity contribution >= 4 is 59.5 Å². The van der Waals surface area contributed by atoms with Crippen LogP contribution in [-0.4, -0.2) is 151 Å². The second-order valence-corrected chi connectivity index (χ2v) is 15.8. The highest BCUT2D eigenvalue weighted by Gasteiger charge is 2.61. The molecular weight excluding hydrogens is 912 g/mol. The molecule has 0 radical (unpaired) electrons. The van der Waals surface area contributed by atoms with Gasteiger partial charge in [0.25, 0.3) is 5.79 Å². The Morgan fingerprint density at radius 1 is 0.818 bits per heavy atom. The number of aliphatic hydroxyl groups excluding tert-OH is 1. The van der Waals surface area contributed by atoms with Crippen molar-refractivity contribution in [3.8, 4) is 0 Å². The van der Waals surface area contributed by atoms with Crippen LogP contribution in [-0.2, 0) is 76.1 Å². The van der Waals surface area contributed by atoms with Crippen LogP contribution in [0.4, 0.5) is 13.2 Å². The molecule has 11 atom stereocenters. The van der Waals surface area contributed by atoms with Crippen LogP contribution in [0.2, 0.25) is 0 Å². The molecule has 2 aliphatic rings. The van der Waals surface area contributed by atoms with Crippen LogP contribution in [0.25, 0.3) is 0 Å². The molecule has 2 N–H and O–H groups in total. The normalized spacial score (nSPS) is 26.0. The fourth-order valence-corrected chi connectivity index (χ4v) is 7.83. The van der Waals surface area contributed by atoms with Gasteiger partial charge in [-0.25, -0.2) is 14.4 Å². The van der Waals surface area contributed by atoms with Gasteiger partial charge < -0.3 is 57.8 Å². The summed E-state index contributed by atoms with van der Waals surface area (Å²) in [5.74, 6) is -13.1. The van der Waals surface area contributed by atoms with E-state index in [9.17, 15) is 56.6 Å². The van der Waals surface area contributed by atoms with Gasteiger partial charge in [-0.15, -0.1) is 11.8 Å². The Labute approximate surface area is 379 Å². The van der Waals surface area contributed by atoms with Crippen LogP contribution in [0.5, 0.6) is 0 Å². The number of nitrogens with one attached hydrogen (secondary N) is 1. The third kappa shape index (κ3) is 14.1. The maximum absolute atomic E-state index is 14.0. The molecule has 2 aliphatic heterocycles. The SMILES string of the molecule is CCS[C@@H]1O[C@H](CO[C@@]2(C(=O)OC)C[C@H](OC(C)=O)[C@@H](NC(=O)C(F)(F)F)[C@H]([C@H](OC(C)=O)[C@@H](COC(C)=O)OC(C)=O)O2)[C@H](O)[C@H](OC(=O)c2ccccc2)[C@H]1OC(=O)c1ccccc1. The van der Waals surface area contributed by atoms with E-state index >= 15 is 0 Å². The van der Waals surface area contributed by atoms with Crippen LogP contribution >= 0.6 is 11.8 Å². The second-order valence-electron chi connectivity index (χ2n) is 14.5. The Morgan fingerprint density at radius 3 is 1.86 bits per heavy atom. The number of rotatable bonds is 18. The van der Waals surface area contributed by atoms with E-state index < -0.39 is 140 Å². The number of aliphatic hydroxyl groups is 1. The summed E-state index contributed by atoms with van der Waals surface area (Å²) >= 11 is 1.05. The van der Waals surface area contributed by atoms with Crippen LogP contribution in [0, 0.1) is 0 Å². The average Bonchev–Trinajstić information content (AvgIpc) is 3.26. The van der Waals surface area contributed by atoms with Crippen molar-refractivity contribution in [2.24, 2.45) is 0 Å². The predicted octanol–water partition coefficient (Wildman–Crippen LogP) is 2.36. The fourth-order valence-electron chi connectivity index (χ4n) is 6.88. The van der Waals surface area contributed by atoms with Gasteiger partial charge in [-0.05, 0) is 30.0 Å². The van der Waals surface area contributed by atoms with Gasteiger partial charge in [0.05, 0.1) is 37.3 Å². The zero-order valence-corrected chi connectivity index (χ0v) is 37.0. The number of carbonyl (C=O) groups is 8. The number of ether oxygens (including phenoxy) is 10. The molecule has 2 saturated heterocycles. The van der Waals surface area contributed by atoms with Crippen molar-refractivity contribution in [1.29, 1.82) is 0 Å². The lowest BCUT2D eigenvalue weighted by atomic mass is 9.87. The van der Waals surface area contributed by atoms with Crippen molar-refractivity contribution < 1.29 is 104 Å². The number of esters is 7. The molecule has 66 heavy (non-hydrogen) atoms. The van der Waals surface area contributed by atoms with Crippen LogP contribution < -0.4 is 5.32 Å². The first kappa shape index (κ1) is 52.8. The monoisotopic (exact) mass is 959 g/mol. The summed E-state index contributed by atoms with van der Waals surface area (Å²) in [5.41, 5.74) is -1.11. The van der Waals surface area contributed by atoms with E-state index in [1.54, 1.807) is 48.6 Å². The topological polar surface area (TPSA) is 261 Å². The number of alkyl halides is 3. The minimum Gasteiger partial charge on any atom is -0.465 e. The molecular formula is C42H48F3NO19S. The van der Waals surface area contributed by atoms with Gasteiger partial charge in [0.1, 0.15) is 36.5 Å². The summed E-state index contributed by atoms with van der Waals surface area (Å²) in [5, 5.41) is 13.6. The summed E-state index contributed by atoms with van der Waals surface area (Å²) < 4.78 is 97.6. The Hall–Kier alpha value is -5.82. The van der Waals surface area contributed by atoms with Gasteiger partial charge >= 0.3 is 53.9 Å². The van der Waals surface area contributed by atoms with Crippen molar-refractivity contribution in [3.63, 3.8) is 0 Å². The van der Waals surface area contributed by atoms with Crippen molar-refractivity contribution in [2.45, 2.75) is 113 Å². The second kappa shape index (κ2) is 23.6. The minimum absolute atomic E-state index is 0.0369. The molecule has 0 aliphatic carbocycles. The number of methoxy groups -OCH3 is 1. The lowest BCUT2D eigenvalue weighted by molar-refractivity contribution is -0.324. The van der Waals surface area contributed by atoms with Crippen LogP contribution in [0.1, 0.15) is 61.8 Å². The number of halogens is 3. The predicted molar refractivity (Wildman–Crippen MR) is 216 cm³/mol. The van der Waals surface area contributed by atoms with Crippen molar-refractivity contribution in [2.75, 3.05) is 26.1 Å². The van der Waals surface area contributed by atoms with E-state index in [2.05, 4.69) is 0 Å². The molecule has 2 fully saturated rings. The summed E-state index contributed by atoms with van der Waals surface area (Å²) in [4.78, 5) is 103. The third-order valence-corrected chi connectivity index (χ3v) is 10.7. The zero-order chi connectivity index (χ0) is 48.9. The highest BCUT2D eigenvalue weighted by atomic mass is 32.2. The number of amides is 1. The van der Waals surface area contributed by atoms with Gasteiger partial charge in [0.15, 0.2) is 24.4 Å². The summed E-state index contributed by atoms with van der Waals surface area (Å²) in [6, 6.07) is 13.0. The van der Waals surface area contributed by atoms with Gasteiger partial charge in [-0.2, -0.15) is 13.2 Å². The maximum Gasteiger partial charge on any atom is 0.471 e. The van der Waals surface area contributed by atoms with Crippen LogP contribution in [0.15, 0.2) is 60.7 Å². The summed E-state index contributed by atoms with van der Waals surface area (Å²) in [7, 11) is 0.834. The molecule has 0 spiro atoms. The number of carbonyl (C=O) groups excluding carboxylic acids is 8. The molecule has 2 heterocycles. The van der Waals surface area contributed by atoms with Crippen molar-refractivity contribution in [1.82, 2.24) is 5.32 Å². The molecule has 362 valence electrons. The van der Waals surface area contributed by atoms with Crippen LogP contribution in [0.3, 0.4) is 0 Å². The minimum atomic E-state index is -5.60. The van der Waals surface area contributed by atoms with E-state index in [4.69, 9.17) is 47.4 Å². The standard InChI is InChI=1S/C42H48F3NO19S/c1-7-66-38-35(64-37(53)26-16-12-9-13-17-26)34(63-36(52)25-14-10-8-11-15-25)31(51)28(62-38)20-58-41(40(55)56-6)18-27(59-22(3)48)30(46-39(54)42(43,44)45)33(65-41)32(61-24(5)50)29(60-23(4)49)19-57-21(2)47/h8-17,27-35,38,51H,7,18-20H2,1-6H3,(H,46,54)/t27-,28+,29+,30+,31-,32+,33+,34-,35+,38-,41-/m0/s1. The molecule has 0 aromatic heterocycles. The van der Waals surface area contributed by atoms with Gasteiger partial charge in [0.2, 0.25) is 0 Å². The highest BCUT2D eigenvalue weighted by Crippen LogP contribution is 2.39. The maximum atomic E-state index is 14.0. The van der Waals surface area contributed by atoms with E-state index in [-0.39, 0.29) is 16.9 Å². The molecule has 4 rings (SSSR count). The zero-order valence-electron chi connectivity index (χ0n) is 36.2. The Bertz CT molecular complexity index is 2040. The lowest BCUT2D eigenvalue weighted by Gasteiger charge is -2.49. The first-order valence-electron chi connectivity index (χ1n) is 20.0. The molecule has 0 bridgehead atoms. The number of hydrogen-bond donors (Lipinski definition) is 2. The van der Waals surface area contributed by atoms with Gasteiger partial charge in [-0.1, -0.05) is 43.3 Å². The first-order valence-corrected chi connectivity index (χ1v) is 21.1. The molecule has 1 amide bonds. The van der Waals surface area contributed by atoms with E-state index in [0.717, 1.165) is 46.6 Å². The smallest absolute Gasteiger partial charge is 0.465 e. The summed E-state index contributed by atoms with van der Waals surface area (Å²) in [6.45, 7) is 3.26. The Balaban J connectivity index is 1.84. The highest BCUT2D eigenvalue weighted by molar-refractivity contribution is 7.99. The van der Waals surface area contributed by atoms with E-state index in [1.165, 1.54) is 24.3 Å². The largest absolute Gasteiger partial charge is 0.471 e. The molecule has 0 saturated carbocycles. The number of benzene rings is 2. The number of hydrogen-bond acceptors (Lipinski definition) is 20. The molecule has 2 aromatic rings. The van der Waals surface area contributed by atoms with E-state index in [0.29, 0.717) is 0 Å². The molecule has 24 heteroatoms. The molecule has 0 unspecified atom stereocenters. The first-order chi connectivity index (χ1) is 31.1. The fraction of sp³-hybridized carbons (Fsp3) is 0.524. The van der Waals surface area contributed by atoms with E-state index in [1.807, 2.05) is 0 Å². The Kier molecular flexibility index (Phi) is 18.9. The van der Waals surface area contributed by atoms with Crippen molar-refractivity contribution in [3.05, 3.63) is 71.8 Å². The lowest BCUT2D eigenvalue weighted by Crippen LogP contribution is -2.70. The third-order valence-electron chi connectivity index (χ3n) is 9.62. The number of thioether (sulfide) groups is 1. The molecule has 20 nitrogen and oxygen atoms in total. The van der Waals surface area contributed by atoms with Gasteiger partial charge in [0, 0.05) is 27.7 Å².